The van der Waals surface area contributed by atoms with Crippen molar-refractivity contribution >= 4 is 20.0 Å². The quantitative estimate of drug-likeness (QED) is 0.415. The van der Waals surface area contributed by atoms with E-state index >= 15 is 0 Å². The smallest absolute Gasteiger partial charge is 0.331 e. The monoisotopic (exact) mass is 402 g/mol. The number of hydrogen-bond donors (Lipinski definition) is 2. The van der Waals surface area contributed by atoms with Crippen LogP contribution in [0.3, 0.4) is 0 Å². The van der Waals surface area contributed by atoms with Gasteiger partial charge < -0.3 is 14.9 Å². The van der Waals surface area contributed by atoms with Crippen molar-refractivity contribution in [1.82, 2.24) is 0 Å². The van der Waals surface area contributed by atoms with Crippen molar-refractivity contribution in [3.63, 3.8) is 0 Å². The van der Waals surface area contributed by atoms with Gasteiger partial charge in [-0.2, -0.15) is 0 Å². The number of rotatable bonds is 6. The van der Waals surface area contributed by atoms with Gasteiger partial charge in [0.05, 0.1) is 12.3 Å². The van der Waals surface area contributed by atoms with Crippen molar-refractivity contribution < 1.29 is 24.2 Å². The molecule has 28 heavy (non-hydrogen) atoms. The topological polar surface area (TPSA) is 88.4 Å². The van der Waals surface area contributed by atoms with Gasteiger partial charge in [-0.25, -0.2) is 9.42 Å². The summed E-state index contributed by atoms with van der Waals surface area (Å²) in [6.45, 7) is 8.13. The molecule has 1 aromatic carbocycles. The zero-order valence-corrected chi connectivity index (χ0v) is 17.9. The Morgan fingerprint density at radius 1 is 1.29 bits per heavy atom. The normalized spacial score (nSPS) is 25.2. The number of ether oxygens (including phenoxy) is 1. The summed E-state index contributed by atoms with van der Waals surface area (Å²) < 4.78 is 11.7. The first kappa shape index (κ1) is 20.5. The maximum atomic E-state index is 13.3. The van der Waals surface area contributed by atoms with Crippen molar-refractivity contribution in [2.24, 2.45) is 16.3 Å². The largest absolute Gasteiger partial charge is 0.506 e. The molecule has 2 N–H and O–H groups in total. The maximum Gasteiger partial charge on any atom is 0.331 e. The van der Waals surface area contributed by atoms with E-state index in [0.717, 1.165) is 12.5 Å². The fraction of sp³-hybridized carbons (Fsp3) is 0.476. The molecule has 150 valence electrons. The first-order chi connectivity index (χ1) is 13.2. The zero-order chi connectivity index (χ0) is 20.5. The van der Waals surface area contributed by atoms with Crippen LogP contribution in [-0.2, 0) is 14.0 Å². The summed E-state index contributed by atoms with van der Waals surface area (Å²) >= 11 is 0. The van der Waals surface area contributed by atoms with Gasteiger partial charge in [0.15, 0.2) is 11.7 Å². The molecule has 1 fully saturated rings. The predicted molar refractivity (Wildman–Crippen MR) is 109 cm³/mol. The van der Waals surface area contributed by atoms with Gasteiger partial charge >= 0.3 is 5.97 Å². The number of aliphatic hydroxyl groups is 2. The SMILES string of the molecule is CCOC(=O)[C@]1([C@@H]2CCC[C+]2O[Si](C)(C)C)C(c2ccccc2)=NC(O)=C1O. The third-order valence-corrected chi connectivity index (χ3v) is 5.96. The van der Waals surface area contributed by atoms with Gasteiger partial charge in [-0.15, -0.1) is 0 Å². The number of aliphatic hydroxyl groups excluding tert-OH is 2. The van der Waals surface area contributed by atoms with Crippen LogP contribution >= 0.6 is 0 Å². The average Bonchev–Trinajstić information content (AvgIpc) is 3.18. The second-order valence-electron chi connectivity index (χ2n) is 8.15. The fourth-order valence-corrected chi connectivity index (χ4v) is 5.15. The first-order valence-electron chi connectivity index (χ1n) is 9.71. The van der Waals surface area contributed by atoms with E-state index < -0.39 is 37.3 Å². The minimum Gasteiger partial charge on any atom is -0.506 e. The maximum absolute atomic E-state index is 13.3. The molecular formula is C21H28NO5Si+. The lowest BCUT2D eigenvalue weighted by molar-refractivity contribution is -0.153. The molecule has 1 heterocycles. The molecule has 7 heteroatoms. The summed E-state index contributed by atoms with van der Waals surface area (Å²) in [5, 5.41) is 21.3. The molecule has 6 nitrogen and oxygen atoms in total. The van der Waals surface area contributed by atoms with Crippen LogP contribution in [0.25, 0.3) is 0 Å². The van der Waals surface area contributed by atoms with E-state index in [-0.39, 0.29) is 6.61 Å². The summed E-state index contributed by atoms with van der Waals surface area (Å²) in [4.78, 5) is 17.6. The van der Waals surface area contributed by atoms with Crippen LogP contribution in [-0.4, -0.2) is 36.8 Å². The Labute approximate surface area is 167 Å². The second kappa shape index (κ2) is 7.64. The Hall–Kier alpha value is -2.25. The molecule has 3 rings (SSSR count). The molecule has 1 aliphatic heterocycles. The summed E-state index contributed by atoms with van der Waals surface area (Å²) in [7, 11) is -1.93. The van der Waals surface area contributed by atoms with E-state index in [9.17, 15) is 15.0 Å². The van der Waals surface area contributed by atoms with Gasteiger partial charge in [-0.3, -0.25) is 4.79 Å². The lowest BCUT2D eigenvalue weighted by Crippen LogP contribution is -2.49. The third-order valence-electron chi connectivity index (χ3n) is 5.09. The highest BCUT2D eigenvalue weighted by atomic mass is 28.4. The summed E-state index contributed by atoms with van der Waals surface area (Å²) in [6.07, 6.45) is 2.98. The molecule has 0 aromatic heterocycles. The summed E-state index contributed by atoms with van der Waals surface area (Å²) in [5.74, 6) is -2.04. The fourth-order valence-electron chi connectivity index (χ4n) is 4.12. The molecule has 0 unspecified atom stereocenters. The molecule has 0 radical (unpaired) electrons. The summed E-state index contributed by atoms with van der Waals surface area (Å²) in [5.41, 5.74) is -0.622. The highest BCUT2D eigenvalue weighted by Gasteiger charge is 2.68. The van der Waals surface area contributed by atoms with Gasteiger partial charge in [0.2, 0.25) is 11.5 Å². The summed E-state index contributed by atoms with van der Waals surface area (Å²) in [6, 6.07) is 9.15. The van der Waals surface area contributed by atoms with Crippen LogP contribution in [0.5, 0.6) is 0 Å². The lowest BCUT2D eigenvalue weighted by Gasteiger charge is -2.32. The minimum absolute atomic E-state index is 0.160. The van der Waals surface area contributed by atoms with Crippen LogP contribution in [0, 0.1) is 17.4 Å². The van der Waals surface area contributed by atoms with E-state index in [0.29, 0.717) is 24.1 Å². The van der Waals surface area contributed by atoms with Crippen LogP contribution in [0.1, 0.15) is 31.7 Å². The van der Waals surface area contributed by atoms with E-state index in [1.807, 2.05) is 30.3 Å². The van der Waals surface area contributed by atoms with Gasteiger partial charge in [0, 0.05) is 0 Å². The Bertz CT molecular complexity index is 799. The van der Waals surface area contributed by atoms with Crippen molar-refractivity contribution in [3.05, 3.63) is 53.6 Å². The van der Waals surface area contributed by atoms with Crippen molar-refractivity contribution in [1.29, 1.82) is 0 Å². The Morgan fingerprint density at radius 2 is 1.96 bits per heavy atom. The number of esters is 1. The van der Waals surface area contributed by atoms with E-state index in [1.165, 1.54) is 0 Å². The van der Waals surface area contributed by atoms with E-state index in [1.54, 1.807) is 6.92 Å². The number of benzene rings is 1. The van der Waals surface area contributed by atoms with Crippen molar-refractivity contribution in [2.75, 3.05) is 6.61 Å². The molecule has 1 saturated carbocycles. The second-order valence-corrected chi connectivity index (χ2v) is 12.6. The molecule has 2 aliphatic rings. The number of hydrogen-bond acceptors (Lipinski definition) is 6. The van der Waals surface area contributed by atoms with E-state index in [2.05, 4.69) is 24.6 Å². The predicted octanol–water partition coefficient (Wildman–Crippen LogP) is 4.51. The van der Waals surface area contributed by atoms with Gasteiger partial charge in [0.1, 0.15) is 6.42 Å². The van der Waals surface area contributed by atoms with Crippen molar-refractivity contribution in [2.45, 2.75) is 45.8 Å². The van der Waals surface area contributed by atoms with Crippen LogP contribution in [0.15, 0.2) is 47.0 Å². The van der Waals surface area contributed by atoms with Gasteiger partial charge in [0.25, 0.3) is 14.2 Å². The highest BCUT2D eigenvalue weighted by molar-refractivity contribution is 6.69. The first-order valence-corrected chi connectivity index (χ1v) is 13.1. The number of aliphatic imine (C=N–C) groups is 1. The van der Waals surface area contributed by atoms with Crippen LogP contribution in [0.4, 0.5) is 0 Å². The number of nitrogens with zero attached hydrogens (tertiary/aromatic N) is 1. The van der Waals surface area contributed by atoms with Gasteiger partial charge in [-0.05, 0) is 45.0 Å². The van der Waals surface area contributed by atoms with Crippen LogP contribution in [0.2, 0.25) is 19.6 Å². The standard InChI is InChI=1S/C21H27NO5Si/c1-5-26-20(25)21(15-12-9-13-16(15)27-28(2,3)4)17(22-19(24)18(21)23)14-10-7-6-8-11-14/h6-8,10-11,15H,5,9,12-13H2,1-4H3,(H-,23,24)/p+1/t15-,21-/m1/s1. The lowest BCUT2D eigenvalue weighted by atomic mass is 9.67. The van der Waals surface area contributed by atoms with Crippen LogP contribution < -0.4 is 0 Å². The minimum atomic E-state index is -1.93. The number of carbonyl (C=O) groups is 1. The molecule has 0 saturated heterocycles. The molecule has 2 atom stereocenters. The van der Waals surface area contributed by atoms with Crippen molar-refractivity contribution in [3.8, 4) is 0 Å². The zero-order valence-electron chi connectivity index (χ0n) is 16.9. The molecule has 0 amide bonds. The Morgan fingerprint density at radius 3 is 2.57 bits per heavy atom. The molecule has 1 aromatic rings. The highest BCUT2D eigenvalue weighted by Crippen LogP contribution is 2.55. The Balaban J connectivity index is 2.17. The van der Waals surface area contributed by atoms with E-state index in [4.69, 9.17) is 9.16 Å². The Kier molecular flexibility index (Phi) is 5.59. The van der Waals surface area contributed by atoms with Gasteiger partial charge in [-0.1, -0.05) is 30.3 Å². The average molecular weight is 403 g/mol. The molecule has 1 aliphatic carbocycles. The molecule has 0 spiro atoms. The molecule has 0 bridgehead atoms. The number of carbonyl (C=O) groups excluding carboxylic acids is 1. The molecular weight excluding hydrogens is 374 g/mol. The third kappa shape index (κ3) is 3.44.